The summed E-state index contributed by atoms with van der Waals surface area (Å²) in [6, 6.07) is 0. The molecule has 0 fully saturated rings. The highest BCUT2D eigenvalue weighted by atomic mass is 16.4. The van der Waals surface area contributed by atoms with Gasteiger partial charge in [-0.3, -0.25) is 14.6 Å². The van der Waals surface area contributed by atoms with E-state index < -0.39 is 5.97 Å². The number of rotatable bonds is 11. The van der Waals surface area contributed by atoms with E-state index in [0.29, 0.717) is 29.7 Å². The third-order valence-corrected chi connectivity index (χ3v) is 3.86. The number of aromatic hydroxyl groups is 1. The van der Waals surface area contributed by atoms with Crippen LogP contribution in [0.5, 0.6) is 5.75 Å². The van der Waals surface area contributed by atoms with Gasteiger partial charge in [0, 0.05) is 36.7 Å². The highest BCUT2D eigenvalue weighted by Crippen LogP contribution is 2.23. The fraction of sp³-hybridized carbons (Fsp3) is 0.588. The number of aromatic nitrogens is 1. The molecule has 0 unspecified atom stereocenters. The number of hydrogen-bond acceptors (Lipinski definition) is 5. The number of carboxylic acids is 1. The summed E-state index contributed by atoms with van der Waals surface area (Å²) < 4.78 is 0. The van der Waals surface area contributed by atoms with Gasteiger partial charge in [-0.1, -0.05) is 19.3 Å². The highest BCUT2D eigenvalue weighted by Gasteiger charge is 2.12. The Morgan fingerprint density at radius 3 is 2.38 bits per heavy atom. The number of aliphatic hydroxyl groups excluding tert-OH is 1. The number of unbranched alkanes of at least 4 members (excludes halogenated alkanes) is 4. The number of aryl methyl sites for hydroxylation is 1. The van der Waals surface area contributed by atoms with Gasteiger partial charge in [-0.2, -0.15) is 0 Å². The van der Waals surface area contributed by atoms with Gasteiger partial charge in [0.05, 0.1) is 12.3 Å². The Morgan fingerprint density at radius 2 is 1.75 bits per heavy atom. The Balaban J connectivity index is 2.27. The van der Waals surface area contributed by atoms with Gasteiger partial charge in [0.15, 0.2) is 0 Å². The summed E-state index contributed by atoms with van der Waals surface area (Å²) >= 11 is 0. The number of aliphatic hydroxyl groups is 1. The third-order valence-electron chi connectivity index (χ3n) is 3.86. The molecule has 0 aliphatic rings. The summed E-state index contributed by atoms with van der Waals surface area (Å²) in [5, 5.41) is 30.5. The molecule has 0 atom stereocenters. The predicted molar refractivity (Wildman–Crippen MR) is 88.4 cm³/mol. The van der Waals surface area contributed by atoms with Crippen LogP contribution >= 0.6 is 0 Å². The highest BCUT2D eigenvalue weighted by molar-refractivity contribution is 5.76. The standard InChI is InChI=1S/C17H26N2O5/c1-12-17(24)14(13(11-20)9-18-12)10-19-15(21)7-5-3-2-4-6-8-16(22)23/h9,20,24H,2-8,10-11H2,1H3,(H,19,21)(H,22,23). The fourth-order valence-corrected chi connectivity index (χ4v) is 2.39. The van der Waals surface area contributed by atoms with E-state index in [1.54, 1.807) is 6.92 Å². The molecule has 0 saturated carbocycles. The van der Waals surface area contributed by atoms with Crippen LogP contribution in [0.25, 0.3) is 0 Å². The normalized spacial score (nSPS) is 10.6. The number of amides is 1. The lowest BCUT2D eigenvalue weighted by atomic mass is 10.1. The number of nitrogens with one attached hydrogen (secondary N) is 1. The lowest BCUT2D eigenvalue weighted by molar-refractivity contribution is -0.137. The minimum atomic E-state index is -0.772. The summed E-state index contributed by atoms with van der Waals surface area (Å²) in [5.74, 6) is -0.884. The molecule has 134 valence electrons. The maximum Gasteiger partial charge on any atom is 0.303 e. The second-order valence-electron chi connectivity index (χ2n) is 5.79. The molecule has 1 rings (SSSR count). The summed E-state index contributed by atoms with van der Waals surface area (Å²) in [6.45, 7) is 1.57. The van der Waals surface area contributed by atoms with Gasteiger partial charge in [-0.15, -0.1) is 0 Å². The first-order chi connectivity index (χ1) is 11.5. The number of carbonyl (C=O) groups is 2. The first-order valence-corrected chi connectivity index (χ1v) is 8.21. The molecule has 0 spiro atoms. The van der Waals surface area contributed by atoms with Crippen molar-refractivity contribution in [2.75, 3.05) is 0 Å². The van der Waals surface area contributed by atoms with Crippen LogP contribution in [0.1, 0.15) is 61.8 Å². The molecular weight excluding hydrogens is 312 g/mol. The van der Waals surface area contributed by atoms with E-state index in [9.17, 15) is 19.8 Å². The van der Waals surface area contributed by atoms with Gasteiger partial charge >= 0.3 is 5.97 Å². The molecule has 7 nitrogen and oxygen atoms in total. The van der Waals surface area contributed by atoms with Crippen LogP contribution in [0.4, 0.5) is 0 Å². The lowest BCUT2D eigenvalue weighted by Gasteiger charge is -2.12. The van der Waals surface area contributed by atoms with Gasteiger partial charge in [0.25, 0.3) is 0 Å². The van der Waals surface area contributed by atoms with Crippen molar-refractivity contribution in [1.82, 2.24) is 10.3 Å². The van der Waals surface area contributed by atoms with E-state index in [1.807, 2.05) is 0 Å². The van der Waals surface area contributed by atoms with Crippen molar-refractivity contribution in [3.8, 4) is 5.75 Å². The Kier molecular flexibility index (Phi) is 8.78. The van der Waals surface area contributed by atoms with Gasteiger partial charge in [0.1, 0.15) is 5.75 Å². The fourth-order valence-electron chi connectivity index (χ4n) is 2.39. The molecule has 0 aromatic carbocycles. The summed E-state index contributed by atoms with van der Waals surface area (Å²) in [4.78, 5) is 26.2. The minimum Gasteiger partial charge on any atom is -0.506 e. The average molecular weight is 338 g/mol. The van der Waals surface area contributed by atoms with Crippen LogP contribution in [-0.2, 0) is 22.7 Å². The lowest BCUT2D eigenvalue weighted by Crippen LogP contribution is -2.23. The van der Waals surface area contributed by atoms with Crippen LogP contribution in [0.2, 0.25) is 0 Å². The maximum atomic E-state index is 11.8. The summed E-state index contributed by atoms with van der Waals surface area (Å²) in [6.07, 6.45) is 6.15. The Bertz CT molecular complexity index is 560. The van der Waals surface area contributed by atoms with E-state index in [2.05, 4.69) is 10.3 Å². The molecule has 0 aliphatic carbocycles. The zero-order valence-electron chi connectivity index (χ0n) is 14.0. The number of carboxylic acid groups (broad SMARTS) is 1. The van der Waals surface area contributed by atoms with Gasteiger partial charge in [-0.05, 0) is 19.8 Å². The van der Waals surface area contributed by atoms with Crippen molar-refractivity contribution in [2.24, 2.45) is 0 Å². The van der Waals surface area contributed by atoms with Crippen molar-refractivity contribution in [3.63, 3.8) is 0 Å². The van der Waals surface area contributed by atoms with Crippen molar-refractivity contribution in [1.29, 1.82) is 0 Å². The molecule has 1 aromatic heterocycles. The van der Waals surface area contributed by atoms with Crippen molar-refractivity contribution in [2.45, 2.75) is 65.0 Å². The number of carbonyl (C=O) groups excluding carboxylic acids is 1. The second kappa shape index (κ2) is 10.6. The topological polar surface area (TPSA) is 120 Å². The van der Waals surface area contributed by atoms with Crippen LogP contribution in [0.15, 0.2) is 6.20 Å². The van der Waals surface area contributed by atoms with Crippen molar-refractivity contribution < 1.29 is 24.9 Å². The average Bonchev–Trinajstić information content (AvgIpc) is 2.55. The molecule has 0 bridgehead atoms. The molecule has 1 aromatic rings. The Morgan fingerprint density at radius 1 is 1.12 bits per heavy atom. The minimum absolute atomic E-state index is 0.000260. The number of hydrogen-bond donors (Lipinski definition) is 4. The van der Waals surface area contributed by atoms with Crippen molar-refractivity contribution >= 4 is 11.9 Å². The SMILES string of the molecule is Cc1ncc(CO)c(CNC(=O)CCCCCCCC(=O)O)c1O. The van der Waals surface area contributed by atoms with Gasteiger partial charge < -0.3 is 20.6 Å². The third kappa shape index (κ3) is 6.95. The number of aliphatic carboxylic acids is 1. The molecule has 1 amide bonds. The smallest absolute Gasteiger partial charge is 0.303 e. The second-order valence-corrected chi connectivity index (χ2v) is 5.79. The number of nitrogens with zero attached hydrogens (tertiary/aromatic N) is 1. The maximum absolute atomic E-state index is 11.8. The molecule has 4 N–H and O–H groups in total. The summed E-state index contributed by atoms with van der Waals surface area (Å²) in [5.41, 5.74) is 1.45. The quantitative estimate of drug-likeness (QED) is 0.458. The van der Waals surface area contributed by atoms with E-state index in [4.69, 9.17) is 5.11 Å². The largest absolute Gasteiger partial charge is 0.506 e. The molecule has 0 radical (unpaired) electrons. The molecule has 0 aliphatic heterocycles. The summed E-state index contributed by atoms with van der Waals surface area (Å²) in [7, 11) is 0. The van der Waals surface area contributed by atoms with Crippen LogP contribution in [0.3, 0.4) is 0 Å². The Hall–Kier alpha value is -2.15. The van der Waals surface area contributed by atoms with E-state index in [1.165, 1.54) is 6.20 Å². The molecule has 1 heterocycles. The van der Waals surface area contributed by atoms with Crippen LogP contribution in [0, 0.1) is 6.92 Å². The first-order valence-electron chi connectivity index (χ1n) is 8.21. The molecule has 24 heavy (non-hydrogen) atoms. The van der Waals surface area contributed by atoms with Gasteiger partial charge in [0.2, 0.25) is 5.91 Å². The van der Waals surface area contributed by atoms with Crippen molar-refractivity contribution in [3.05, 3.63) is 23.0 Å². The Labute approximate surface area is 141 Å². The zero-order chi connectivity index (χ0) is 17.9. The molecular formula is C17H26N2O5. The van der Waals surface area contributed by atoms with E-state index >= 15 is 0 Å². The number of pyridine rings is 1. The zero-order valence-corrected chi connectivity index (χ0v) is 14.0. The van der Waals surface area contributed by atoms with Gasteiger partial charge in [-0.25, -0.2) is 0 Å². The van der Waals surface area contributed by atoms with E-state index in [-0.39, 0.29) is 31.2 Å². The monoisotopic (exact) mass is 338 g/mol. The van der Waals surface area contributed by atoms with Crippen LogP contribution in [-0.4, -0.2) is 32.2 Å². The predicted octanol–water partition coefficient (Wildman–Crippen LogP) is 2.02. The molecule has 7 heteroatoms. The van der Waals surface area contributed by atoms with E-state index in [0.717, 1.165) is 25.7 Å². The molecule has 0 saturated heterocycles. The van der Waals surface area contributed by atoms with Crippen LogP contribution < -0.4 is 5.32 Å². The first kappa shape index (κ1) is 19.9.